The van der Waals surface area contributed by atoms with Crippen LogP contribution < -0.4 is 5.32 Å². The highest BCUT2D eigenvalue weighted by atomic mass is 16.3. The minimum Gasteiger partial charge on any atom is -0.468 e. The van der Waals surface area contributed by atoms with Crippen LogP contribution in [0.3, 0.4) is 0 Å². The zero-order valence-corrected chi connectivity index (χ0v) is 17.1. The number of hydrogen-bond donors (Lipinski definition) is 1. The van der Waals surface area contributed by atoms with E-state index < -0.39 is 0 Å². The number of Topliss-reactive ketones (excluding diaryl/α,β-unsaturated/α-hetero) is 1. The van der Waals surface area contributed by atoms with Gasteiger partial charge in [0.2, 0.25) is 0 Å². The van der Waals surface area contributed by atoms with Crippen molar-refractivity contribution in [3.8, 4) is 11.8 Å². The molecule has 1 N–H and O–H groups in total. The lowest BCUT2D eigenvalue weighted by Crippen LogP contribution is -2.01. The number of ketones is 1. The van der Waals surface area contributed by atoms with Crippen LogP contribution in [0.4, 0.5) is 5.69 Å². The normalized spacial score (nSPS) is 10.3. The quantitative estimate of drug-likeness (QED) is 0.241. The molecular weight excluding hydrogens is 346 g/mol. The van der Waals surface area contributed by atoms with E-state index in [1.807, 2.05) is 36.4 Å². The van der Waals surface area contributed by atoms with Crippen molar-refractivity contribution in [2.24, 2.45) is 0 Å². The summed E-state index contributed by atoms with van der Waals surface area (Å²) in [5.41, 5.74) is 1.86. The lowest BCUT2D eigenvalue weighted by molar-refractivity contribution is 0.101. The van der Waals surface area contributed by atoms with Gasteiger partial charge in [0.1, 0.15) is 5.76 Å². The third-order valence-corrected chi connectivity index (χ3v) is 4.82. The largest absolute Gasteiger partial charge is 0.468 e. The number of hydrogen-bond acceptors (Lipinski definition) is 3. The maximum absolute atomic E-state index is 11.3. The summed E-state index contributed by atoms with van der Waals surface area (Å²) < 4.78 is 5.26. The van der Waals surface area contributed by atoms with Crippen molar-refractivity contribution in [2.75, 3.05) is 11.9 Å². The van der Waals surface area contributed by atoms with Crippen LogP contribution >= 0.6 is 0 Å². The predicted octanol–water partition coefficient (Wildman–Crippen LogP) is 6.65. The lowest BCUT2D eigenvalue weighted by Gasteiger charge is -2.07. The molecular formula is C25H33NO2. The SMILES string of the molecule is CC(=O)c1ccc(NCCCCCCCCCCC#CCc2ccco2)cc1. The minimum atomic E-state index is 0.115. The molecule has 0 fully saturated rings. The van der Waals surface area contributed by atoms with Gasteiger partial charge in [0.25, 0.3) is 0 Å². The second-order valence-electron chi connectivity index (χ2n) is 7.25. The van der Waals surface area contributed by atoms with E-state index in [0.29, 0.717) is 0 Å². The number of benzene rings is 1. The zero-order valence-electron chi connectivity index (χ0n) is 17.1. The van der Waals surface area contributed by atoms with E-state index in [1.54, 1.807) is 13.2 Å². The number of anilines is 1. The first-order valence-electron chi connectivity index (χ1n) is 10.6. The van der Waals surface area contributed by atoms with Gasteiger partial charge < -0.3 is 9.73 Å². The fourth-order valence-corrected chi connectivity index (χ4v) is 3.11. The van der Waals surface area contributed by atoms with E-state index in [2.05, 4.69) is 17.2 Å². The molecule has 3 heteroatoms. The smallest absolute Gasteiger partial charge is 0.159 e. The predicted molar refractivity (Wildman–Crippen MR) is 117 cm³/mol. The second kappa shape index (κ2) is 13.7. The first-order chi connectivity index (χ1) is 13.8. The Balaban J connectivity index is 1.36. The molecule has 0 aliphatic carbocycles. The van der Waals surface area contributed by atoms with Gasteiger partial charge in [-0.2, -0.15) is 0 Å². The molecule has 1 aromatic carbocycles. The molecule has 0 saturated heterocycles. The van der Waals surface area contributed by atoms with Crippen molar-refractivity contribution in [1.82, 2.24) is 0 Å². The van der Waals surface area contributed by atoms with E-state index in [1.165, 1.54) is 51.4 Å². The first-order valence-corrected chi connectivity index (χ1v) is 10.6. The summed E-state index contributed by atoms with van der Waals surface area (Å²) in [5.74, 6) is 7.48. The zero-order chi connectivity index (χ0) is 19.9. The number of carbonyl (C=O) groups is 1. The van der Waals surface area contributed by atoms with E-state index in [9.17, 15) is 4.79 Å². The maximum Gasteiger partial charge on any atom is 0.159 e. The summed E-state index contributed by atoms with van der Waals surface area (Å²) in [7, 11) is 0. The highest BCUT2D eigenvalue weighted by molar-refractivity contribution is 5.94. The summed E-state index contributed by atoms with van der Waals surface area (Å²) in [6.07, 6.45) is 13.7. The number of unbranched alkanes of at least 4 members (excludes halogenated alkanes) is 8. The molecule has 0 radical (unpaired) electrons. The van der Waals surface area contributed by atoms with Crippen LogP contribution in [0, 0.1) is 11.8 Å². The molecule has 0 aliphatic rings. The first kappa shape index (κ1) is 21.8. The highest BCUT2D eigenvalue weighted by Crippen LogP contribution is 2.12. The molecule has 0 bridgehead atoms. The summed E-state index contributed by atoms with van der Waals surface area (Å²) in [6.45, 7) is 2.59. The molecule has 1 heterocycles. The third-order valence-electron chi connectivity index (χ3n) is 4.82. The molecule has 0 aliphatic heterocycles. The molecule has 150 valence electrons. The Morgan fingerprint density at radius 3 is 2.21 bits per heavy atom. The molecule has 1 aromatic heterocycles. The van der Waals surface area contributed by atoms with Gasteiger partial charge >= 0.3 is 0 Å². The van der Waals surface area contributed by atoms with Crippen LogP contribution in [0.5, 0.6) is 0 Å². The highest BCUT2D eigenvalue weighted by Gasteiger charge is 1.98. The molecule has 0 atom stereocenters. The van der Waals surface area contributed by atoms with Gasteiger partial charge in [-0.25, -0.2) is 0 Å². The molecule has 0 unspecified atom stereocenters. The van der Waals surface area contributed by atoms with Crippen LogP contribution in [-0.4, -0.2) is 12.3 Å². The Morgan fingerprint density at radius 1 is 0.893 bits per heavy atom. The fourth-order valence-electron chi connectivity index (χ4n) is 3.11. The molecule has 2 aromatic rings. The summed E-state index contributed by atoms with van der Waals surface area (Å²) in [5, 5.41) is 3.43. The van der Waals surface area contributed by atoms with Crippen LogP contribution in [0.1, 0.15) is 80.8 Å². The molecule has 0 amide bonds. The van der Waals surface area contributed by atoms with E-state index in [-0.39, 0.29) is 5.78 Å². The maximum atomic E-state index is 11.3. The molecule has 3 nitrogen and oxygen atoms in total. The lowest BCUT2D eigenvalue weighted by atomic mass is 10.1. The second-order valence-corrected chi connectivity index (χ2v) is 7.25. The fraction of sp³-hybridized carbons (Fsp3) is 0.480. The Morgan fingerprint density at radius 2 is 1.57 bits per heavy atom. The molecule has 2 rings (SSSR count). The van der Waals surface area contributed by atoms with Crippen LogP contribution in [0.2, 0.25) is 0 Å². The molecule has 0 saturated carbocycles. The Kier molecular flexibility index (Phi) is 10.6. The standard InChI is InChI=1S/C25H33NO2/c1-22(27)23-16-18-24(19-17-23)26-20-12-10-8-6-4-2-3-5-7-9-11-14-25-15-13-21-28-25/h13,15-19,21,26H,2-8,10,12,14,20H2,1H3. The monoisotopic (exact) mass is 379 g/mol. The number of rotatable bonds is 13. The van der Waals surface area contributed by atoms with Crippen LogP contribution in [0.25, 0.3) is 0 Å². The Labute approximate surface area is 169 Å². The summed E-state index contributed by atoms with van der Waals surface area (Å²) >= 11 is 0. The van der Waals surface area contributed by atoms with Gasteiger partial charge in [0.15, 0.2) is 5.78 Å². The van der Waals surface area contributed by atoms with Crippen molar-refractivity contribution in [3.05, 3.63) is 54.0 Å². The number of nitrogens with one attached hydrogen (secondary N) is 1. The van der Waals surface area contributed by atoms with Gasteiger partial charge in [-0.05, 0) is 56.2 Å². The Bertz CT molecular complexity index is 720. The van der Waals surface area contributed by atoms with Crippen LogP contribution in [-0.2, 0) is 6.42 Å². The van der Waals surface area contributed by atoms with Gasteiger partial charge in [-0.3, -0.25) is 4.79 Å². The van der Waals surface area contributed by atoms with Crippen LogP contribution in [0.15, 0.2) is 47.1 Å². The van der Waals surface area contributed by atoms with Crippen molar-refractivity contribution < 1.29 is 9.21 Å². The molecule has 0 spiro atoms. The topological polar surface area (TPSA) is 42.2 Å². The summed E-state index contributed by atoms with van der Waals surface area (Å²) in [6, 6.07) is 11.6. The van der Waals surface area contributed by atoms with E-state index in [0.717, 1.165) is 36.4 Å². The van der Waals surface area contributed by atoms with Gasteiger partial charge in [-0.1, -0.05) is 44.4 Å². The van der Waals surface area contributed by atoms with Crippen molar-refractivity contribution in [1.29, 1.82) is 0 Å². The van der Waals surface area contributed by atoms with Crippen molar-refractivity contribution in [2.45, 2.75) is 71.1 Å². The van der Waals surface area contributed by atoms with Gasteiger partial charge in [0.05, 0.1) is 12.7 Å². The van der Waals surface area contributed by atoms with E-state index >= 15 is 0 Å². The average Bonchev–Trinajstić information content (AvgIpc) is 3.22. The van der Waals surface area contributed by atoms with E-state index in [4.69, 9.17) is 4.42 Å². The number of carbonyl (C=O) groups excluding carboxylic acids is 1. The Hall–Kier alpha value is -2.47. The van der Waals surface area contributed by atoms with Crippen molar-refractivity contribution >= 4 is 11.5 Å². The molecule has 28 heavy (non-hydrogen) atoms. The third kappa shape index (κ3) is 9.46. The average molecular weight is 380 g/mol. The van der Waals surface area contributed by atoms with Crippen molar-refractivity contribution in [3.63, 3.8) is 0 Å². The van der Waals surface area contributed by atoms with Gasteiger partial charge in [0, 0.05) is 24.2 Å². The minimum absolute atomic E-state index is 0.115. The summed E-state index contributed by atoms with van der Waals surface area (Å²) in [4.78, 5) is 11.3. The number of furan rings is 1. The van der Waals surface area contributed by atoms with Gasteiger partial charge in [-0.15, -0.1) is 5.92 Å².